The molecule has 1 amide bonds. The Labute approximate surface area is 236 Å². The van der Waals surface area contributed by atoms with Gasteiger partial charge in [-0.3, -0.25) is 14.4 Å². The summed E-state index contributed by atoms with van der Waals surface area (Å²) in [6.07, 6.45) is 8.85. The predicted molar refractivity (Wildman–Crippen MR) is 157 cm³/mol. The molecule has 1 N–H and O–H groups in total. The van der Waals surface area contributed by atoms with E-state index in [1.54, 1.807) is 0 Å². The normalized spacial score (nSPS) is 15.9. The summed E-state index contributed by atoms with van der Waals surface area (Å²) in [5.74, 6) is 0.0517. The largest absolute Gasteiger partial charge is 0.353 e. The van der Waals surface area contributed by atoms with Gasteiger partial charge in [0.25, 0.3) is 0 Å². The third-order valence-corrected chi connectivity index (χ3v) is 8.64. The number of hydrogen-bond acceptors (Lipinski definition) is 6. The van der Waals surface area contributed by atoms with E-state index in [1.807, 2.05) is 44.1 Å². The Balaban J connectivity index is 1.72. The Morgan fingerprint density at radius 3 is 2.63 bits per heavy atom. The monoisotopic (exact) mass is 559 g/mol. The first kappa shape index (κ1) is 30.5. The number of halogens is 1. The lowest BCUT2D eigenvalue weighted by molar-refractivity contribution is -0.130. The van der Waals surface area contributed by atoms with Gasteiger partial charge in [-0.05, 0) is 51.1 Å². The second-order valence-corrected chi connectivity index (χ2v) is 12.5. The summed E-state index contributed by atoms with van der Waals surface area (Å²) in [6.45, 7) is 6.32. The van der Waals surface area contributed by atoms with Gasteiger partial charge in [0.1, 0.15) is 5.78 Å². The summed E-state index contributed by atoms with van der Waals surface area (Å²) in [4.78, 5) is 45.4. The lowest BCUT2D eigenvalue weighted by Gasteiger charge is -2.28. The third kappa shape index (κ3) is 9.58. The van der Waals surface area contributed by atoms with Crippen LogP contribution in [0.2, 0.25) is 5.02 Å². The van der Waals surface area contributed by atoms with Gasteiger partial charge in [0.2, 0.25) is 5.91 Å². The number of fused-ring (bicyclic) bond motifs is 1. The van der Waals surface area contributed by atoms with Crippen LogP contribution in [0.1, 0.15) is 76.1 Å². The molecule has 8 heteroatoms. The number of aromatic nitrogens is 1. The molecule has 0 aliphatic heterocycles. The molecule has 1 aromatic carbocycles. The molecule has 0 bridgehead atoms. The van der Waals surface area contributed by atoms with Crippen molar-refractivity contribution >= 4 is 50.6 Å². The summed E-state index contributed by atoms with van der Waals surface area (Å²) in [7, 11) is 3.84. The molecule has 1 fully saturated rings. The standard InChI is InChI=1S/C30H42ClN3O3S/c1-5-25(35)16-22(17-29-33-26-13-11-23(31)18-28(26)38-29)30(37)32-24(15-21-9-7-6-8-10-21)12-14-27(36)20(2)19-34(3)4/h11,13,18,21-22,24H,2,5-10,12,14-17,19H2,1,3-4H3,(H,32,37)/t22-,24+/m0/s1. The zero-order valence-corrected chi connectivity index (χ0v) is 24.6. The maximum absolute atomic E-state index is 13.6. The molecule has 6 nitrogen and oxygen atoms in total. The smallest absolute Gasteiger partial charge is 0.224 e. The summed E-state index contributed by atoms with van der Waals surface area (Å²) in [6, 6.07) is 5.47. The number of carbonyl (C=O) groups excluding carboxylic acids is 3. The molecule has 3 rings (SSSR count). The summed E-state index contributed by atoms with van der Waals surface area (Å²) in [5.41, 5.74) is 1.45. The number of nitrogens with zero attached hydrogens (tertiary/aromatic N) is 2. The predicted octanol–water partition coefficient (Wildman–Crippen LogP) is 6.40. The van der Waals surface area contributed by atoms with Crippen molar-refractivity contribution in [2.24, 2.45) is 11.8 Å². The second-order valence-electron chi connectivity index (χ2n) is 11.0. The van der Waals surface area contributed by atoms with Gasteiger partial charge in [0.15, 0.2) is 5.78 Å². The van der Waals surface area contributed by atoms with E-state index < -0.39 is 5.92 Å². The van der Waals surface area contributed by atoms with Crippen molar-refractivity contribution in [1.29, 1.82) is 0 Å². The Morgan fingerprint density at radius 2 is 1.95 bits per heavy atom. The number of thiazole rings is 1. The summed E-state index contributed by atoms with van der Waals surface area (Å²) >= 11 is 7.66. The highest BCUT2D eigenvalue weighted by molar-refractivity contribution is 7.18. The first-order valence-corrected chi connectivity index (χ1v) is 15.1. The van der Waals surface area contributed by atoms with Crippen LogP contribution in [0, 0.1) is 11.8 Å². The van der Waals surface area contributed by atoms with Crippen molar-refractivity contribution in [3.8, 4) is 0 Å². The quantitative estimate of drug-likeness (QED) is 0.255. The van der Waals surface area contributed by atoms with Crippen LogP contribution in [0.5, 0.6) is 0 Å². The maximum atomic E-state index is 13.6. The van der Waals surface area contributed by atoms with Crippen molar-refractivity contribution in [2.75, 3.05) is 20.6 Å². The molecule has 1 heterocycles. The SMILES string of the molecule is C=C(CN(C)C)C(=O)CC[C@H](CC1CCCCC1)NC(=O)[C@@H](CC(=O)CC)Cc1nc2ccc(Cl)cc2s1. The minimum Gasteiger partial charge on any atom is -0.353 e. The minimum atomic E-state index is -0.494. The average Bonchev–Trinajstić information content (AvgIpc) is 3.28. The van der Waals surface area contributed by atoms with Crippen LogP contribution in [0.3, 0.4) is 0 Å². The fourth-order valence-corrected chi connectivity index (χ4v) is 6.59. The van der Waals surface area contributed by atoms with Crippen LogP contribution in [-0.2, 0) is 20.8 Å². The molecule has 1 aromatic heterocycles. The molecule has 0 saturated heterocycles. The van der Waals surface area contributed by atoms with Gasteiger partial charge in [-0.2, -0.15) is 0 Å². The van der Waals surface area contributed by atoms with Gasteiger partial charge in [-0.15, -0.1) is 11.3 Å². The van der Waals surface area contributed by atoms with Crippen LogP contribution >= 0.6 is 22.9 Å². The Bertz CT molecular complexity index is 1120. The highest BCUT2D eigenvalue weighted by atomic mass is 35.5. The zero-order valence-electron chi connectivity index (χ0n) is 23.1. The number of rotatable bonds is 15. The van der Waals surface area contributed by atoms with Crippen molar-refractivity contribution in [3.05, 3.63) is 40.4 Å². The van der Waals surface area contributed by atoms with E-state index in [4.69, 9.17) is 16.6 Å². The van der Waals surface area contributed by atoms with Crippen LogP contribution in [-0.4, -0.2) is 54.0 Å². The van der Waals surface area contributed by atoms with Gasteiger partial charge in [0.05, 0.1) is 21.1 Å². The second kappa shape index (κ2) is 14.9. The highest BCUT2D eigenvalue weighted by Gasteiger charge is 2.27. The van der Waals surface area contributed by atoms with E-state index in [1.165, 1.54) is 43.4 Å². The van der Waals surface area contributed by atoms with Crippen LogP contribution in [0.25, 0.3) is 10.2 Å². The van der Waals surface area contributed by atoms with E-state index in [0.717, 1.165) is 21.6 Å². The molecule has 0 unspecified atom stereocenters. The van der Waals surface area contributed by atoms with E-state index in [2.05, 4.69) is 11.9 Å². The van der Waals surface area contributed by atoms with E-state index >= 15 is 0 Å². The molecule has 1 aliphatic rings. The fourth-order valence-electron chi connectivity index (χ4n) is 5.27. The molecule has 0 spiro atoms. The van der Waals surface area contributed by atoms with Crippen molar-refractivity contribution in [2.45, 2.75) is 83.6 Å². The van der Waals surface area contributed by atoms with E-state index in [9.17, 15) is 14.4 Å². The Kier molecular flexibility index (Phi) is 11.9. The average molecular weight is 560 g/mol. The minimum absolute atomic E-state index is 0.0486. The molecule has 2 aromatic rings. The van der Waals surface area contributed by atoms with Crippen molar-refractivity contribution in [3.63, 3.8) is 0 Å². The summed E-state index contributed by atoms with van der Waals surface area (Å²) in [5, 5.41) is 4.74. The number of likely N-dealkylation sites (N-methyl/N-ethyl adjacent to an activating group) is 1. The van der Waals surface area contributed by atoms with Gasteiger partial charge in [0, 0.05) is 48.9 Å². The van der Waals surface area contributed by atoms with Crippen LogP contribution in [0.15, 0.2) is 30.4 Å². The number of nitrogens with one attached hydrogen (secondary N) is 1. The number of Topliss-reactive ketones (excluding diaryl/α,β-unsaturated/α-hetero) is 2. The third-order valence-electron chi connectivity index (χ3n) is 7.37. The highest BCUT2D eigenvalue weighted by Crippen LogP contribution is 2.30. The number of ketones is 2. The van der Waals surface area contributed by atoms with Gasteiger partial charge < -0.3 is 10.2 Å². The molecule has 1 aliphatic carbocycles. The first-order valence-electron chi connectivity index (χ1n) is 13.9. The Hall–Kier alpha value is -2.09. The topological polar surface area (TPSA) is 79.4 Å². The molecule has 2 atom stereocenters. The summed E-state index contributed by atoms with van der Waals surface area (Å²) < 4.78 is 0.972. The van der Waals surface area contributed by atoms with Gasteiger partial charge in [-0.25, -0.2) is 4.98 Å². The molecule has 1 saturated carbocycles. The number of hydrogen-bond donors (Lipinski definition) is 1. The lowest BCUT2D eigenvalue weighted by Crippen LogP contribution is -2.41. The van der Waals surface area contributed by atoms with Gasteiger partial charge >= 0.3 is 0 Å². The lowest BCUT2D eigenvalue weighted by atomic mass is 9.83. The first-order chi connectivity index (χ1) is 18.1. The number of carbonyl (C=O) groups is 3. The number of amides is 1. The van der Waals surface area contributed by atoms with Gasteiger partial charge in [-0.1, -0.05) is 57.2 Å². The fraction of sp³-hybridized carbons (Fsp3) is 0.600. The zero-order chi connectivity index (χ0) is 27.7. The Morgan fingerprint density at radius 1 is 1.21 bits per heavy atom. The molecule has 38 heavy (non-hydrogen) atoms. The molecule has 0 radical (unpaired) electrons. The van der Waals surface area contributed by atoms with E-state index in [0.29, 0.717) is 48.7 Å². The number of benzene rings is 1. The molecule has 208 valence electrons. The molecular weight excluding hydrogens is 518 g/mol. The van der Waals surface area contributed by atoms with Crippen LogP contribution < -0.4 is 5.32 Å². The van der Waals surface area contributed by atoms with Crippen molar-refractivity contribution in [1.82, 2.24) is 15.2 Å². The van der Waals surface area contributed by atoms with Crippen LogP contribution in [0.4, 0.5) is 0 Å². The van der Waals surface area contributed by atoms with Crippen molar-refractivity contribution < 1.29 is 14.4 Å². The maximum Gasteiger partial charge on any atom is 0.224 e. The molecular formula is C30H42ClN3O3S. The van der Waals surface area contributed by atoms with E-state index in [-0.39, 0.29) is 29.9 Å².